The van der Waals surface area contributed by atoms with Gasteiger partial charge in [0.15, 0.2) is 0 Å². The van der Waals surface area contributed by atoms with Crippen molar-refractivity contribution in [3.63, 3.8) is 0 Å². The number of nitrogens with zero attached hydrogens (tertiary/aromatic N) is 1. The maximum absolute atomic E-state index is 6.68. The first-order chi connectivity index (χ1) is 31.2. The van der Waals surface area contributed by atoms with Crippen LogP contribution in [0.5, 0.6) is 11.5 Å². The van der Waals surface area contributed by atoms with Crippen LogP contribution in [-0.4, -0.2) is 0 Å². The van der Waals surface area contributed by atoms with Crippen LogP contribution in [0.15, 0.2) is 217 Å². The largest absolute Gasteiger partial charge is 0.457 e. The maximum Gasteiger partial charge on any atom is 0.137 e. The Balaban J connectivity index is 0.994. The van der Waals surface area contributed by atoms with Gasteiger partial charge in [-0.25, -0.2) is 0 Å². The molecule has 0 saturated heterocycles. The fourth-order valence-electron chi connectivity index (χ4n) is 10.9. The summed E-state index contributed by atoms with van der Waals surface area (Å²) < 4.78 is 15.7. The van der Waals surface area contributed by atoms with Gasteiger partial charge in [-0.3, -0.25) is 0 Å². The fraction of sp³-hybridized carbons (Fsp3) is 0.0169. The van der Waals surface area contributed by atoms with Crippen LogP contribution in [0.1, 0.15) is 22.3 Å². The van der Waals surface area contributed by atoms with Gasteiger partial charge in [0.25, 0.3) is 0 Å². The van der Waals surface area contributed by atoms with E-state index in [4.69, 9.17) is 9.15 Å². The first-order valence-electron chi connectivity index (χ1n) is 21.5. The highest BCUT2D eigenvalue weighted by Gasteiger charge is 2.52. The number of anilines is 3. The van der Waals surface area contributed by atoms with E-state index in [-0.39, 0.29) is 0 Å². The minimum Gasteiger partial charge on any atom is -0.457 e. The summed E-state index contributed by atoms with van der Waals surface area (Å²) in [4.78, 5) is 2.40. The predicted molar refractivity (Wildman–Crippen MR) is 262 cm³/mol. The van der Waals surface area contributed by atoms with Crippen LogP contribution in [0.3, 0.4) is 0 Å². The van der Waals surface area contributed by atoms with E-state index in [0.717, 1.165) is 56.1 Å². The van der Waals surface area contributed by atoms with Crippen LogP contribution in [0.25, 0.3) is 75.1 Å². The molecule has 2 aliphatic rings. The summed E-state index contributed by atoms with van der Waals surface area (Å²) in [5, 5.41) is 7.26. The molecular formula is C59H35NO2S. The Hall–Kier alpha value is -7.92. The van der Waals surface area contributed by atoms with Crippen molar-refractivity contribution in [3.05, 3.63) is 235 Å². The number of furan rings is 1. The van der Waals surface area contributed by atoms with Gasteiger partial charge in [0.2, 0.25) is 0 Å². The van der Waals surface area contributed by atoms with Gasteiger partial charge in [0.05, 0.1) is 15.8 Å². The molecule has 3 nitrogen and oxygen atoms in total. The third-order valence-corrected chi connectivity index (χ3v) is 14.7. The van der Waals surface area contributed by atoms with Crippen molar-refractivity contribution in [1.82, 2.24) is 0 Å². The molecule has 0 bridgehead atoms. The van der Waals surface area contributed by atoms with Crippen LogP contribution in [0, 0.1) is 0 Å². The van der Waals surface area contributed by atoms with Crippen LogP contribution < -0.4 is 9.64 Å². The second-order valence-corrected chi connectivity index (χ2v) is 17.7. The molecule has 4 heteroatoms. The van der Waals surface area contributed by atoms with E-state index < -0.39 is 5.41 Å². The maximum atomic E-state index is 6.68. The molecule has 2 aromatic heterocycles. The quantitative estimate of drug-likeness (QED) is 0.177. The molecule has 63 heavy (non-hydrogen) atoms. The van der Waals surface area contributed by atoms with E-state index in [9.17, 15) is 0 Å². The zero-order valence-electron chi connectivity index (χ0n) is 33.9. The van der Waals surface area contributed by atoms with Crippen molar-refractivity contribution in [3.8, 4) is 33.8 Å². The molecule has 0 unspecified atom stereocenters. The van der Waals surface area contributed by atoms with Gasteiger partial charge < -0.3 is 14.1 Å². The average molecular weight is 822 g/mol. The third kappa shape index (κ3) is 4.79. The lowest BCUT2D eigenvalue weighted by Crippen LogP contribution is -2.32. The van der Waals surface area contributed by atoms with Gasteiger partial charge in [0.1, 0.15) is 22.7 Å². The Kier molecular flexibility index (Phi) is 7.20. The Bertz CT molecular complexity index is 3810. The Morgan fingerprint density at radius 3 is 1.89 bits per heavy atom. The second-order valence-electron chi connectivity index (χ2n) is 16.7. The van der Waals surface area contributed by atoms with Crippen molar-refractivity contribution in [2.45, 2.75) is 5.41 Å². The van der Waals surface area contributed by atoms with Crippen LogP contribution >= 0.6 is 11.3 Å². The third-order valence-electron chi connectivity index (χ3n) is 13.5. The van der Waals surface area contributed by atoms with Crippen molar-refractivity contribution in [1.29, 1.82) is 0 Å². The molecule has 1 aliphatic heterocycles. The molecule has 14 rings (SSSR count). The number of para-hydroxylation sites is 3. The summed E-state index contributed by atoms with van der Waals surface area (Å²) in [5.41, 5.74) is 14.3. The van der Waals surface area contributed by atoms with Crippen LogP contribution in [-0.2, 0) is 5.41 Å². The topological polar surface area (TPSA) is 25.6 Å². The molecular weight excluding hydrogens is 787 g/mol. The molecule has 0 fully saturated rings. The molecule has 0 saturated carbocycles. The van der Waals surface area contributed by atoms with Gasteiger partial charge in [-0.15, -0.1) is 11.3 Å². The number of ether oxygens (including phenoxy) is 1. The molecule has 12 aromatic rings. The van der Waals surface area contributed by atoms with Gasteiger partial charge >= 0.3 is 0 Å². The predicted octanol–water partition coefficient (Wildman–Crippen LogP) is 16.7. The van der Waals surface area contributed by atoms with Gasteiger partial charge in [-0.05, 0) is 98.8 Å². The molecule has 3 heterocycles. The fourth-order valence-corrected chi connectivity index (χ4v) is 12.1. The lowest BCUT2D eigenvalue weighted by molar-refractivity contribution is 0.436. The number of benzene rings is 10. The van der Waals surface area contributed by atoms with E-state index >= 15 is 0 Å². The second kappa shape index (κ2) is 13.0. The lowest BCUT2D eigenvalue weighted by atomic mass is 9.66. The number of rotatable bonds is 4. The summed E-state index contributed by atoms with van der Waals surface area (Å²) in [6, 6.07) is 77.2. The minimum atomic E-state index is -0.564. The summed E-state index contributed by atoms with van der Waals surface area (Å²) in [5.74, 6) is 1.79. The summed E-state index contributed by atoms with van der Waals surface area (Å²) in [6.07, 6.45) is 0. The standard InChI is InChI=1S/C59H35NO2S/c1-2-14-40-36(13-1)29-34-49-57(40)56-41(17-11-21-48(56)59(49)46-19-5-8-24-52(46)62-53-25-9-6-20-47(53)59)37-27-30-38(31-28-37)60(39-32-33-43-42-15-3-7-23-51(42)61-54(43)35-39)50-22-12-18-45-44-16-4-10-26-55(44)63-58(45)50/h1-35H. The van der Waals surface area contributed by atoms with E-state index in [2.05, 4.69) is 205 Å². The van der Waals surface area contributed by atoms with Gasteiger partial charge in [-0.1, -0.05) is 152 Å². The summed E-state index contributed by atoms with van der Waals surface area (Å²) in [7, 11) is 0. The van der Waals surface area contributed by atoms with Crippen molar-refractivity contribution < 1.29 is 9.15 Å². The number of fused-ring (bicyclic) bond motifs is 17. The number of hydrogen-bond acceptors (Lipinski definition) is 4. The summed E-state index contributed by atoms with van der Waals surface area (Å²) in [6.45, 7) is 0. The zero-order valence-corrected chi connectivity index (χ0v) is 34.7. The summed E-state index contributed by atoms with van der Waals surface area (Å²) >= 11 is 1.85. The molecule has 0 radical (unpaired) electrons. The van der Waals surface area contributed by atoms with E-state index in [0.29, 0.717) is 0 Å². The van der Waals surface area contributed by atoms with Crippen molar-refractivity contribution in [2.75, 3.05) is 4.90 Å². The van der Waals surface area contributed by atoms with E-state index in [1.165, 1.54) is 69.9 Å². The number of thiophene rings is 1. The Labute approximate surface area is 367 Å². The monoisotopic (exact) mass is 821 g/mol. The van der Waals surface area contributed by atoms with Crippen LogP contribution in [0.4, 0.5) is 17.1 Å². The normalized spacial score (nSPS) is 13.3. The molecule has 1 aliphatic carbocycles. The average Bonchev–Trinajstić information content (AvgIpc) is 4.01. The lowest BCUT2D eigenvalue weighted by Gasteiger charge is -2.39. The Morgan fingerprint density at radius 1 is 0.413 bits per heavy atom. The smallest absolute Gasteiger partial charge is 0.137 e. The minimum absolute atomic E-state index is 0.564. The first-order valence-corrected chi connectivity index (χ1v) is 22.3. The number of hydrogen-bond donors (Lipinski definition) is 0. The molecule has 10 aromatic carbocycles. The van der Waals surface area contributed by atoms with E-state index in [1.54, 1.807) is 0 Å². The molecule has 1 spiro atoms. The van der Waals surface area contributed by atoms with Crippen molar-refractivity contribution >= 4 is 81.3 Å². The zero-order chi connectivity index (χ0) is 41.2. The Morgan fingerprint density at radius 2 is 1.05 bits per heavy atom. The molecule has 294 valence electrons. The van der Waals surface area contributed by atoms with Crippen molar-refractivity contribution in [2.24, 2.45) is 0 Å². The highest BCUT2D eigenvalue weighted by atomic mass is 32.1. The highest BCUT2D eigenvalue weighted by Crippen LogP contribution is 2.64. The molecule has 0 amide bonds. The highest BCUT2D eigenvalue weighted by molar-refractivity contribution is 7.26. The van der Waals surface area contributed by atoms with Gasteiger partial charge in [0, 0.05) is 54.8 Å². The molecule has 0 N–H and O–H groups in total. The van der Waals surface area contributed by atoms with Gasteiger partial charge in [-0.2, -0.15) is 0 Å². The van der Waals surface area contributed by atoms with Crippen LogP contribution in [0.2, 0.25) is 0 Å². The SMILES string of the molecule is c1ccc2c(c1)Oc1ccccc1C21c2cccc(-c3ccc(N(c4ccc5c(c4)oc4ccccc45)c4cccc5c4sc4ccccc45)cc3)c2-c2c1ccc1ccccc21. The first kappa shape index (κ1) is 34.8. The molecule has 0 atom stereocenters. The van der Waals surface area contributed by atoms with E-state index in [1.807, 2.05) is 23.5 Å².